The van der Waals surface area contributed by atoms with Crippen molar-refractivity contribution in [3.8, 4) is 0 Å². The Morgan fingerprint density at radius 3 is 2.55 bits per heavy atom. The second kappa shape index (κ2) is 9.97. The molecule has 0 unspecified atom stereocenters. The van der Waals surface area contributed by atoms with Gasteiger partial charge in [-0.05, 0) is 55.3 Å². The number of benzene rings is 2. The van der Waals surface area contributed by atoms with Gasteiger partial charge in [0.2, 0.25) is 5.13 Å². The van der Waals surface area contributed by atoms with Gasteiger partial charge in [0.25, 0.3) is 15.9 Å². The number of hydrogen-bond acceptors (Lipinski definition) is 6. The lowest BCUT2D eigenvalue weighted by molar-refractivity contribution is 0.102. The van der Waals surface area contributed by atoms with E-state index in [1.54, 1.807) is 13.0 Å². The topological polar surface area (TPSA) is 101 Å². The van der Waals surface area contributed by atoms with Gasteiger partial charge < -0.3 is 0 Å². The zero-order valence-corrected chi connectivity index (χ0v) is 18.8. The highest BCUT2D eigenvalue weighted by atomic mass is 32.2. The summed E-state index contributed by atoms with van der Waals surface area (Å²) in [5.74, 6) is -0.935. The number of unbranched alkanes of at least 4 members (excludes halogenated alkanes) is 2. The van der Waals surface area contributed by atoms with Crippen molar-refractivity contribution < 1.29 is 17.6 Å². The summed E-state index contributed by atoms with van der Waals surface area (Å²) in [5.41, 5.74) is 1.05. The van der Waals surface area contributed by atoms with Crippen LogP contribution in [-0.2, 0) is 16.4 Å². The van der Waals surface area contributed by atoms with Crippen LogP contribution in [0.5, 0.6) is 0 Å². The van der Waals surface area contributed by atoms with Crippen molar-refractivity contribution in [2.24, 2.45) is 0 Å². The number of nitrogens with zero attached hydrogens (tertiary/aromatic N) is 2. The summed E-state index contributed by atoms with van der Waals surface area (Å²) < 4.78 is 40.8. The molecule has 0 saturated carbocycles. The molecule has 0 aliphatic heterocycles. The lowest BCUT2D eigenvalue weighted by Crippen LogP contribution is -2.17. The van der Waals surface area contributed by atoms with E-state index < -0.39 is 21.7 Å². The zero-order valence-electron chi connectivity index (χ0n) is 17.2. The van der Waals surface area contributed by atoms with Crippen molar-refractivity contribution in [2.75, 3.05) is 10.0 Å². The molecule has 1 amide bonds. The first-order valence-electron chi connectivity index (χ1n) is 9.81. The summed E-state index contributed by atoms with van der Waals surface area (Å²) >= 11 is 1.31. The van der Waals surface area contributed by atoms with E-state index >= 15 is 0 Å². The van der Waals surface area contributed by atoms with Crippen LogP contribution in [0.1, 0.15) is 47.1 Å². The molecule has 1 heterocycles. The number of anilines is 2. The van der Waals surface area contributed by atoms with E-state index in [2.05, 4.69) is 27.2 Å². The number of amides is 1. The van der Waals surface area contributed by atoms with E-state index in [1.165, 1.54) is 35.6 Å². The first-order valence-corrected chi connectivity index (χ1v) is 12.1. The Morgan fingerprint density at radius 1 is 1.10 bits per heavy atom. The number of hydrogen-bond donors (Lipinski definition) is 2. The summed E-state index contributed by atoms with van der Waals surface area (Å²) in [4.78, 5) is 12.7. The number of nitrogens with one attached hydrogen (secondary N) is 2. The molecule has 31 heavy (non-hydrogen) atoms. The molecule has 0 aliphatic rings. The van der Waals surface area contributed by atoms with Gasteiger partial charge in [-0.15, -0.1) is 10.2 Å². The first kappa shape index (κ1) is 22.8. The third-order valence-electron chi connectivity index (χ3n) is 4.54. The Kier molecular flexibility index (Phi) is 7.34. The van der Waals surface area contributed by atoms with Gasteiger partial charge in [-0.1, -0.05) is 37.2 Å². The van der Waals surface area contributed by atoms with Gasteiger partial charge >= 0.3 is 0 Å². The van der Waals surface area contributed by atoms with Gasteiger partial charge in [0.15, 0.2) is 0 Å². The lowest BCUT2D eigenvalue weighted by atomic mass is 10.1. The van der Waals surface area contributed by atoms with Crippen LogP contribution in [0.3, 0.4) is 0 Å². The zero-order chi connectivity index (χ0) is 22.4. The third-order valence-corrected chi connectivity index (χ3v) is 6.82. The van der Waals surface area contributed by atoms with Crippen molar-refractivity contribution in [3.63, 3.8) is 0 Å². The van der Waals surface area contributed by atoms with Gasteiger partial charge in [-0.2, -0.15) is 0 Å². The maximum absolute atomic E-state index is 13.1. The highest BCUT2D eigenvalue weighted by molar-refractivity contribution is 7.92. The van der Waals surface area contributed by atoms with Gasteiger partial charge in [-0.25, -0.2) is 12.8 Å². The minimum atomic E-state index is -3.96. The number of aromatic nitrogens is 2. The smallest absolute Gasteiger partial charge is 0.261 e. The number of aryl methyl sites for hydroxylation is 2. The van der Waals surface area contributed by atoms with Crippen LogP contribution in [0.15, 0.2) is 47.4 Å². The van der Waals surface area contributed by atoms with Gasteiger partial charge in [0, 0.05) is 17.7 Å². The van der Waals surface area contributed by atoms with Crippen LogP contribution < -0.4 is 10.0 Å². The summed E-state index contributed by atoms with van der Waals surface area (Å²) in [6.07, 6.45) is 4.03. The van der Waals surface area contributed by atoms with Gasteiger partial charge in [0.05, 0.1) is 4.90 Å². The Hall–Kier alpha value is -2.85. The average molecular weight is 463 g/mol. The fourth-order valence-corrected chi connectivity index (χ4v) is 4.70. The van der Waals surface area contributed by atoms with Gasteiger partial charge in [-0.3, -0.25) is 14.8 Å². The Bertz CT molecular complexity index is 1160. The van der Waals surface area contributed by atoms with Crippen molar-refractivity contribution in [2.45, 2.75) is 44.4 Å². The quantitative estimate of drug-likeness (QED) is 0.446. The van der Waals surface area contributed by atoms with Crippen LogP contribution >= 0.6 is 11.3 Å². The number of halogens is 1. The van der Waals surface area contributed by atoms with E-state index in [1.807, 2.05) is 0 Å². The molecule has 0 aliphatic carbocycles. The third kappa shape index (κ3) is 6.08. The fraction of sp³-hybridized carbons (Fsp3) is 0.286. The minimum Gasteiger partial charge on any atom is -0.296 e. The van der Waals surface area contributed by atoms with Crippen LogP contribution in [0, 0.1) is 12.7 Å². The predicted octanol–water partition coefficient (Wildman–Crippen LogP) is 4.77. The summed E-state index contributed by atoms with van der Waals surface area (Å²) in [6.45, 7) is 3.84. The average Bonchev–Trinajstić information content (AvgIpc) is 3.17. The predicted molar refractivity (Wildman–Crippen MR) is 119 cm³/mol. The molecule has 2 aromatic carbocycles. The molecule has 164 valence electrons. The molecule has 0 radical (unpaired) electrons. The number of rotatable bonds is 9. The van der Waals surface area contributed by atoms with Crippen LogP contribution in [0.2, 0.25) is 0 Å². The van der Waals surface area contributed by atoms with E-state index in [0.717, 1.165) is 42.8 Å². The lowest BCUT2D eigenvalue weighted by Gasteiger charge is -2.11. The van der Waals surface area contributed by atoms with Crippen molar-refractivity contribution >= 4 is 38.1 Å². The Labute approximate surface area is 184 Å². The van der Waals surface area contributed by atoms with Crippen molar-refractivity contribution in [3.05, 3.63) is 64.4 Å². The molecule has 10 heteroatoms. The maximum atomic E-state index is 13.1. The molecule has 0 atom stereocenters. The summed E-state index contributed by atoms with van der Waals surface area (Å²) in [6, 6.07) is 9.23. The van der Waals surface area contributed by atoms with E-state index in [4.69, 9.17) is 0 Å². The monoisotopic (exact) mass is 462 g/mol. The second-order valence-corrected chi connectivity index (χ2v) is 9.75. The molecule has 1 aromatic heterocycles. The standard InChI is InChI=1S/C21H23FN4O3S2/c1-3-4-5-6-19-24-25-21(30-19)23-20(27)18-13-17(12-7-14(18)2)31(28,29)26-16-10-8-15(22)9-11-16/h7-13,26H,3-6H2,1-2H3,(H,23,25,27). The molecule has 0 fully saturated rings. The second-order valence-electron chi connectivity index (χ2n) is 7.00. The number of carbonyl (C=O) groups excluding carboxylic acids is 1. The van der Waals surface area contributed by atoms with Crippen LogP contribution in [-0.4, -0.2) is 24.5 Å². The molecule has 3 rings (SSSR count). The minimum absolute atomic E-state index is 0.0786. The molecular formula is C21H23FN4O3S2. The molecular weight excluding hydrogens is 439 g/mol. The van der Waals surface area contributed by atoms with Crippen LogP contribution in [0.4, 0.5) is 15.2 Å². The normalized spacial score (nSPS) is 11.3. The molecule has 7 nitrogen and oxygen atoms in total. The van der Waals surface area contributed by atoms with Gasteiger partial charge in [0.1, 0.15) is 10.8 Å². The number of carbonyl (C=O) groups is 1. The Balaban J connectivity index is 1.75. The molecule has 0 bridgehead atoms. The largest absolute Gasteiger partial charge is 0.296 e. The first-order chi connectivity index (χ1) is 14.8. The molecule has 0 saturated heterocycles. The highest BCUT2D eigenvalue weighted by Crippen LogP contribution is 2.22. The fourth-order valence-electron chi connectivity index (χ4n) is 2.84. The summed E-state index contributed by atoms with van der Waals surface area (Å²) in [5, 5.41) is 12.0. The van der Waals surface area contributed by atoms with E-state index in [9.17, 15) is 17.6 Å². The highest BCUT2D eigenvalue weighted by Gasteiger charge is 2.19. The molecule has 3 aromatic rings. The van der Waals surface area contributed by atoms with E-state index in [0.29, 0.717) is 10.7 Å². The Morgan fingerprint density at radius 2 is 1.84 bits per heavy atom. The molecule has 0 spiro atoms. The number of sulfonamides is 1. The van der Waals surface area contributed by atoms with Crippen molar-refractivity contribution in [1.29, 1.82) is 0 Å². The SMILES string of the molecule is CCCCCc1nnc(NC(=O)c2cc(S(=O)(=O)Nc3ccc(F)cc3)ccc2C)s1. The summed E-state index contributed by atoms with van der Waals surface area (Å²) in [7, 11) is -3.96. The molecule has 2 N–H and O–H groups in total. The van der Waals surface area contributed by atoms with Crippen LogP contribution in [0.25, 0.3) is 0 Å². The van der Waals surface area contributed by atoms with E-state index in [-0.39, 0.29) is 16.1 Å². The van der Waals surface area contributed by atoms with Crippen molar-refractivity contribution in [1.82, 2.24) is 10.2 Å². The maximum Gasteiger partial charge on any atom is 0.261 e.